The van der Waals surface area contributed by atoms with Crippen LogP contribution in [-0.2, 0) is 35.1 Å². The average molecular weight is 799 g/mol. The highest BCUT2D eigenvalue weighted by atomic mass is 16.5. The molecule has 0 aromatic heterocycles. The lowest BCUT2D eigenvalue weighted by atomic mass is 9.52. The van der Waals surface area contributed by atoms with Crippen LogP contribution in [0.4, 0.5) is 0 Å². The number of carbonyl (C=O) groups excluding carboxylic acids is 2. The number of rotatable bonds is 14. The van der Waals surface area contributed by atoms with Gasteiger partial charge in [0.25, 0.3) is 0 Å². The van der Waals surface area contributed by atoms with Crippen molar-refractivity contribution in [1.82, 2.24) is 0 Å². The fourth-order valence-corrected chi connectivity index (χ4v) is 9.63. The van der Waals surface area contributed by atoms with Crippen LogP contribution in [0, 0.1) is 23.7 Å². The molecule has 0 spiro atoms. The Morgan fingerprint density at radius 2 is 0.767 bits per heavy atom. The van der Waals surface area contributed by atoms with E-state index in [1.807, 2.05) is 183 Å². The van der Waals surface area contributed by atoms with Crippen molar-refractivity contribution in [2.45, 2.75) is 49.2 Å². The predicted molar refractivity (Wildman–Crippen MR) is 226 cm³/mol. The highest BCUT2D eigenvalue weighted by Crippen LogP contribution is 2.59. The number of aliphatic carboxylic acids is 2. The lowest BCUT2D eigenvalue weighted by Crippen LogP contribution is -2.51. The zero-order chi connectivity index (χ0) is 41.8. The minimum atomic E-state index is -0.988. The number of hydrogen-bond donors (Lipinski definition) is 2. The van der Waals surface area contributed by atoms with Crippen LogP contribution in [0.5, 0.6) is 0 Å². The maximum Gasteiger partial charge on any atom is 0.310 e. The summed E-state index contributed by atoms with van der Waals surface area (Å²) in [5.74, 6) is -8.45. The molecule has 60 heavy (non-hydrogen) atoms. The summed E-state index contributed by atoms with van der Waals surface area (Å²) < 4.78 is 12.5. The molecule has 2 aliphatic carbocycles. The van der Waals surface area contributed by atoms with Crippen LogP contribution in [-0.4, -0.2) is 34.1 Å². The molecule has 2 N–H and O–H groups in total. The first-order valence-electron chi connectivity index (χ1n) is 20.4. The van der Waals surface area contributed by atoms with Gasteiger partial charge in [0, 0.05) is 30.1 Å². The molecule has 0 saturated heterocycles. The number of carboxylic acids is 2. The molecule has 0 unspecified atom stereocenters. The van der Waals surface area contributed by atoms with Crippen molar-refractivity contribution in [2.75, 3.05) is 0 Å². The lowest BCUT2D eigenvalue weighted by Gasteiger charge is -2.49. The molecule has 8 nitrogen and oxygen atoms in total. The third kappa shape index (κ3) is 7.97. The molecule has 6 aromatic carbocycles. The van der Waals surface area contributed by atoms with Crippen molar-refractivity contribution < 1.29 is 38.9 Å². The minimum absolute atomic E-state index is 0.302. The number of carbonyl (C=O) groups is 4. The number of ether oxygens (including phenoxy) is 2. The van der Waals surface area contributed by atoms with Gasteiger partial charge in [0.05, 0.1) is 23.7 Å². The van der Waals surface area contributed by atoms with E-state index in [4.69, 9.17) is 9.47 Å². The van der Waals surface area contributed by atoms with Gasteiger partial charge in [-0.25, -0.2) is 0 Å². The Bertz CT molecular complexity index is 2360. The Labute approximate surface area is 349 Å². The van der Waals surface area contributed by atoms with Crippen LogP contribution < -0.4 is 0 Å². The Morgan fingerprint density at radius 1 is 0.433 bits per heavy atom. The van der Waals surface area contributed by atoms with Gasteiger partial charge >= 0.3 is 23.9 Å². The number of benzene rings is 6. The van der Waals surface area contributed by atoms with Crippen molar-refractivity contribution in [1.29, 1.82) is 0 Å². The fourth-order valence-electron chi connectivity index (χ4n) is 9.63. The Hall–Kier alpha value is -6.80. The molecular formula is C52H46O8. The van der Waals surface area contributed by atoms with E-state index >= 15 is 0 Å². The third-order valence-electron chi connectivity index (χ3n) is 12.5. The Morgan fingerprint density at radius 3 is 1.15 bits per heavy atom. The van der Waals surface area contributed by atoms with Crippen LogP contribution in [0.2, 0.25) is 0 Å². The van der Waals surface area contributed by atoms with Gasteiger partial charge in [-0.2, -0.15) is 0 Å². The Kier molecular flexibility index (Phi) is 11.7. The van der Waals surface area contributed by atoms with E-state index in [-0.39, 0.29) is 0 Å². The smallest absolute Gasteiger partial charge is 0.310 e. The van der Waals surface area contributed by atoms with E-state index in [2.05, 4.69) is 0 Å². The van der Waals surface area contributed by atoms with E-state index in [0.717, 1.165) is 33.4 Å². The van der Waals surface area contributed by atoms with Crippen molar-refractivity contribution in [3.63, 3.8) is 0 Å². The average Bonchev–Trinajstić information content (AvgIpc) is 3.25. The summed E-state index contributed by atoms with van der Waals surface area (Å²) in [6.07, 6.45) is -0.932. The van der Waals surface area contributed by atoms with Crippen LogP contribution in [0.1, 0.15) is 81.7 Å². The standard InChI is InChI=1S/C52H46O8/c1-32(34-17-7-2-8-18-34)59-51(57)47-41(36-21-11-4-12-22-36)46(50(55)56)44(47)39-29-27-33(28-30-39)31-40(35-19-9-3-10-20-35)60-52(58)48-42(37-23-13-5-14-24-37)45(49(53)54)43(48)38-25-15-6-16-26-38/h2-30,32,40-48H,31H2,1H3,(H,53,54)(H,55,56)/t32-,40-,41-,42+,43+,44-,45?,46-,47+,48?/m0/s1. The van der Waals surface area contributed by atoms with Crippen molar-refractivity contribution in [3.8, 4) is 0 Å². The molecule has 8 rings (SSSR count). The third-order valence-corrected chi connectivity index (χ3v) is 12.5. The summed E-state index contributed by atoms with van der Waals surface area (Å²) in [4.78, 5) is 54.4. The van der Waals surface area contributed by atoms with Crippen LogP contribution in [0.3, 0.4) is 0 Å². The second-order valence-electron chi connectivity index (χ2n) is 15.9. The molecule has 0 amide bonds. The van der Waals surface area contributed by atoms with Crippen LogP contribution in [0.25, 0.3) is 0 Å². The first kappa shape index (κ1) is 40.0. The molecule has 0 bridgehead atoms. The summed E-state index contributed by atoms with van der Waals surface area (Å²) in [5.41, 5.74) is 5.47. The van der Waals surface area contributed by atoms with E-state index < -0.39 is 83.4 Å². The SMILES string of the molecule is C[C@H](OC(=O)[C@@H]1[C@@H](c2ccccc2)[C@H](C(=O)O)[C@@H]1c1ccc(C[C@H](OC(=O)C2[C@H](c3ccccc3)C(C(=O)O)[C@H]2c2ccccc2)c2ccccc2)cc1)c1ccccc1. The largest absolute Gasteiger partial charge is 0.481 e. The molecule has 0 radical (unpaired) electrons. The predicted octanol–water partition coefficient (Wildman–Crippen LogP) is 9.91. The van der Waals surface area contributed by atoms with Crippen LogP contribution in [0.15, 0.2) is 176 Å². The van der Waals surface area contributed by atoms with Crippen LogP contribution >= 0.6 is 0 Å². The first-order valence-corrected chi connectivity index (χ1v) is 20.4. The van der Waals surface area contributed by atoms with Crippen molar-refractivity contribution >= 4 is 23.9 Å². The van der Waals surface area contributed by atoms with Gasteiger partial charge in [-0.05, 0) is 45.9 Å². The number of esters is 2. The van der Waals surface area contributed by atoms with Gasteiger partial charge in [0.2, 0.25) is 0 Å². The number of hydrogen-bond acceptors (Lipinski definition) is 6. The van der Waals surface area contributed by atoms with Gasteiger partial charge in [-0.1, -0.05) is 176 Å². The monoisotopic (exact) mass is 798 g/mol. The molecular weight excluding hydrogens is 753 g/mol. The lowest BCUT2D eigenvalue weighted by molar-refractivity contribution is -0.169. The normalized spacial score (nSPS) is 24.1. The van der Waals surface area contributed by atoms with Gasteiger partial charge in [-0.3, -0.25) is 19.2 Å². The summed E-state index contributed by atoms with van der Waals surface area (Å²) in [6.45, 7) is 1.82. The first-order chi connectivity index (χ1) is 29.2. The molecule has 2 saturated carbocycles. The van der Waals surface area contributed by atoms with Gasteiger partial charge < -0.3 is 19.7 Å². The fraction of sp³-hybridized carbons (Fsp3) is 0.231. The molecule has 8 heteroatoms. The van der Waals surface area contributed by atoms with E-state index in [1.54, 1.807) is 0 Å². The number of carboxylic acid groups (broad SMARTS) is 2. The van der Waals surface area contributed by atoms with Gasteiger partial charge in [0.1, 0.15) is 12.2 Å². The van der Waals surface area contributed by atoms with Gasteiger partial charge in [-0.15, -0.1) is 0 Å². The second kappa shape index (κ2) is 17.6. The molecule has 2 fully saturated rings. The molecule has 0 aliphatic heterocycles. The summed E-state index contributed by atoms with van der Waals surface area (Å²) in [5, 5.41) is 21.1. The molecule has 302 valence electrons. The van der Waals surface area contributed by atoms with Crippen molar-refractivity contribution in [3.05, 3.63) is 215 Å². The topological polar surface area (TPSA) is 127 Å². The van der Waals surface area contributed by atoms with E-state index in [9.17, 15) is 29.4 Å². The van der Waals surface area contributed by atoms with E-state index in [1.165, 1.54) is 0 Å². The zero-order valence-corrected chi connectivity index (χ0v) is 33.1. The Balaban J connectivity index is 1.07. The quantitative estimate of drug-likeness (QED) is 0.104. The maximum absolute atomic E-state index is 14.5. The minimum Gasteiger partial charge on any atom is -0.481 e. The molecule has 2 aliphatic rings. The summed E-state index contributed by atoms with van der Waals surface area (Å²) in [6, 6.07) is 54.3. The van der Waals surface area contributed by atoms with Gasteiger partial charge in [0.15, 0.2) is 0 Å². The zero-order valence-electron chi connectivity index (χ0n) is 33.1. The van der Waals surface area contributed by atoms with E-state index in [0.29, 0.717) is 12.0 Å². The maximum atomic E-state index is 14.5. The second-order valence-corrected chi connectivity index (χ2v) is 15.9. The highest BCUT2D eigenvalue weighted by molar-refractivity contribution is 5.86. The molecule has 6 aromatic rings. The molecule has 8 atom stereocenters. The van der Waals surface area contributed by atoms with Crippen molar-refractivity contribution in [2.24, 2.45) is 23.7 Å². The molecule has 0 heterocycles. The highest BCUT2D eigenvalue weighted by Gasteiger charge is 2.60. The summed E-state index contributed by atoms with van der Waals surface area (Å²) >= 11 is 0. The summed E-state index contributed by atoms with van der Waals surface area (Å²) in [7, 11) is 0.